The van der Waals surface area contributed by atoms with Gasteiger partial charge in [0, 0.05) is 24.0 Å². The molecule has 174 valence electrons. The third kappa shape index (κ3) is 4.74. The molecule has 1 unspecified atom stereocenters. The standard InChI is InChI=1S/C19H12Cl2F4N4O4/c20-11-3-15(32-7-9(31)6-30)13(22)2-10(11)16-27-18(33-28-16)14-5-29-4-8(19(23,24)25)1-12(21)17(29)26-14/h1-5,9,30-31H,6-7H2. The van der Waals surface area contributed by atoms with Gasteiger partial charge in [-0.25, -0.2) is 9.37 Å². The molecule has 4 rings (SSSR count). The second-order valence-electron chi connectivity index (χ2n) is 6.76. The van der Waals surface area contributed by atoms with Crippen LogP contribution in [0.3, 0.4) is 0 Å². The number of aliphatic hydroxyl groups excluding tert-OH is 2. The maximum atomic E-state index is 14.4. The lowest BCUT2D eigenvalue weighted by molar-refractivity contribution is -0.137. The lowest BCUT2D eigenvalue weighted by atomic mass is 10.2. The zero-order valence-electron chi connectivity index (χ0n) is 16.1. The molecule has 33 heavy (non-hydrogen) atoms. The zero-order chi connectivity index (χ0) is 23.9. The van der Waals surface area contributed by atoms with Crippen LogP contribution in [-0.4, -0.2) is 49.1 Å². The zero-order valence-corrected chi connectivity index (χ0v) is 17.7. The summed E-state index contributed by atoms with van der Waals surface area (Å²) in [5.41, 5.74) is -0.855. The smallest absolute Gasteiger partial charge is 0.417 e. The predicted octanol–water partition coefficient (Wildman–Crippen LogP) is 4.25. The molecule has 0 bridgehead atoms. The summed E-state index contributed by atoms with van der Waals surface area (Å²) in [5.74, 6) is -1.39. The van der Waals surface area contributed by atoms with Crippen LogP contribution < -0.4 is 4.74 Å². The molecule has 0 aliphatic rings. The minimum absolute atomic E-state index is 0.00916. The molecule has 1 atom stereocenters. The Labute approximate surface area is 191 Å². The largest absolute Gasteiger partial charge is 0.488 e. The Morgan fingerprint density at radius 3 is 2.58 bits per heavy atom. The molecule has 0 amide bonds. The fourth-order valence-corrected chi connectivity index (χ4v) is 3.30. The molecule has 3 aromatic heterocycles. The second-order valence-corrected chi connectivity index (χ2v) is 7.58. The number of aromatic nitrogens is 4. The molecule has 0 spiro atoms. The van der Waals surface area contributed by atoms with Crippen molar-refractivity contribution in [1.29, 1.82) is 0 Å². The maximum Gasteiger partial charge on any atom is 0.417 e. The van der Waals surface area contributed by atoms with E-state index >= 15 is 0 Å². The van der Waals surface area contributed by atoms with Gasteiger partial charge in [0.15, 0.2) is 17.2 Å². The van der Waals surface area contributed by atoms with Crippen LogP contribution in [0.1, 0.15) is 5.56 Å². The number of benzene rings is 1. The van der Waals surface area contributed by atoms with Crippen LogP contribution in [0, 0.1) is 5.82 Å². The third-order valence-corrected chi connectivity index (χ3v) is 4.97. The lowest BCUT2D eigenvalue weighted by Gasteiger charge is -2.11. The average molecular weight is 507 g/mol. The number of fused-ring (bicyclic) bond motifs is 1. The van der Waals surface area contributed by atoms with Gasteiger partial charge >= 0.3 is 6.18 Å². The molecule has 0 saturated heterocycles. The molecular formula is C19H12Cl2F4N4O4. The Hall–Kier alpha value is -2.93. The summed E-state index contributed by atoms with van der Waals surface area (Å²) in [4.78, 5) is 8.19. The number of nitrogens with zero attached hydrogens (tertiary/aromatic N) is 4. The molecule has 0 aliphatic heterocycles. The molecule has 3 heterocycles. The summed E-state index contributed by atoms with van der Waals surface area (Å²) >= 11 is 12.1. The van der Waals surface area contributed by atoms with E-state index in [2.05, 4.69) is 15.1 Å². The first kappa shape index (κ1) is 23.2. The number of ether oxygens (including phenoxy) is 1. The van der Waals surface area contributed by atoms with Gasteiger partial charge in [-0.3, -0.25) is 0 Å². The quantitative estimate of drug-likeness (QED) is 0.376. The van der Waals surface area contributed by atoms with E-state index in [0.717, 1.165) is 28.8 Å². The number of halogens is 6. The Morgan fingerprint density at radius 1 is 1.12 bits per heavy atom. The van der Waals surface area contributed by atoms with E-state index in [1.807, 2.05) is 0 Å². The van der Waals surface area contributed by atoms with E-state index in [0.29, 0.717) is 0 Å². The first-order valence-corrected chi connectivity index (χ1v) is 9.83. The highest BCUT2D eigenvalue weighted by Gasteiger charge is 2.32. The number of alkyl halides is 3. The van der Waals surface area contributed by atoms with Crippen LogP contribution in [0.15, 0.2) is 35.1 Å². The van der Waals surface area contributed by atoms with E-state index < -0.39 is 30.3 Å². The van der Waals surface area contributed by atoms with E-state index in [9.17, 15) is 22.7 Å². The summed E-state index contributed by atoms with van der Waals surface area (Å²) in [6, 6.07) is 2.86. The van der Waals surface area contributed by atoms with Crippen molar-refractivity contribution in [2.45, 2.75) is 12.3 Å². The van der Waals surface area contributed by atoms with Gasteiger partial charge in [0.25, 0.3) is 5.89 Å². The number of rotatable bonds is 6. The second kappa shape index (κ2) is 8.78. The Balaban J connectivity index is 1.65. The Morgan fingerprint density at radius 2 is 1.88 bits per heavy atom. The van der Waals surface area contributed by atoms with E-state index in [1.165, 1.54) is 6.20 Å². The van der Waals surface area contributed by atoms with E-state index in [1.54, 1.807) is 0 Å². The van der Waals surface area contributed by atoms with Crippen molar-refractivity contribution in [3.8, 4) is 28.7 Å². The fraction of sp³-hybridized carbons (Fsp3) is 0.211. The van der Waals surface area contributed by atoms with Crippen molar-refractivity contribution in [3.05, 3.63) is 52.0 Å². The molecule has 0 aliphatic carbocycles. The molecule has 8 nitrogen and oxygen atoms in total. The highest BCUT2D eigenvalue weighted by molar-refractivity contribution is 6.33. The Kier molecular flexibility index (Phi) is 6.18. The number of imidazole rings is 1. The third-order valence-electron chi connectivity index (χ3n) is 4.38. The van der Waals surface area contributed by atoms with Crippen LogP contribution in [0.2, 0.25) is 10.0 Å². The number of aliphatic hydroxyl groups is 2. The molecule has 0 saturated carbocycles. The summed E-state index contributed by atoms with van der Waals surface area (Å²) in [6.45, 7) is -0.924. The minimum Gasteiger partial charge on any atom is -0.488 e. The van der Waals surface area contributed by atoms with Crippen LogP contribution in [0.5, 0.6) is 5.75 Å². The Bertz CT molecular complexity index is 1330. The highest BCUT2D eigenvalue weighted by Crippen LogP contribution is 2.35. The van der Waals surface area contributed by atoms with Gasteiger partial charge in [-0.15, -0.1) is 0 Å². The average Bonchev–Trinajstić information content (AvgIpc) is 3.40. The normalized spacial score (nSPS) is 13.0. The van der Waals surface area contributed by atoms with E-state index in [4.69, 9.17) is 37.6 Å². The van der Waals surface area contributed by atoms with Gasteiger partial charge in [0.2, 0.25) is 5.82 Å². The van der Waals surface area contributed by atoms with Crippen molar-refractivity contribution < 1.29 is 37.0 Å². The maximum absolute atomic E-state index is 14.4. The topological polar surface area (TPSA) is 106 Å². The van der Waals surface area contributed by atoms with Gasteiger partial charge in [-0.2, -0.15) is 18.2 Å². The van der Waals surface area contributed by atoms with E-state index in [-0.39, 0.29) is 51.0 Å². The van der Waals surface area contributed by atoms with Crippen molar-refractivity contribution in [1.82, 2.24) is 19.5 Å². The molecule has 1 aromatic carbocycles. The predicted molar refractivity (Wildman–Crippen MR) is 107 cm³/mol. The minimum atomic E-state index is -4.60. The van der Waals surface area contributed by atoms with Crippen LogP contribution in [0.25, 0.3) is 28.6 Å². The van der Waals surface area contributed by atoms with Gasteiger partial charge < -0.3 is 23.9 Å². The first-order valence-electron chi connectivity index (χ1n) is 9.07. The fourth-order valence-electron chi connectivity index (χ4n) is 2.80. The molecule has 0 fully saturated rings. The van der Waals surface area contributed by atoms with Gasteiger partial charge in [-0.05, 0) is 12.1 Å². The molecule has 2 N–H and O–H groups in total. The molecule has 4 aromatic rings. The monoisotopic (exact) mass is 506 g/mol. The van der Waals surface area contributed by atoms with Gasteiger partial charge in [0.05, 0.1) is 22.2 Å². The summed E-state index contributed by atoms with van der Waals surface area (Å²) in [6.07, 6.45) is -3.77. The summed E-state index contributed by atoms with van der Waals surface area (Å²) in [7, 11) is 0. The van der Waals surface area contributed by atoms with Gasteiger partial charge in [0.1, 0.15) is 18.4 Å². The summed E-state index contributed by atoms with van der Waals surface area (Å²) in [5, 5.41) is 21.6. The van der Waals surface area contributed by atoms with Crippen molar-refractivity contribution in [2.75, 3.05) is 13.2 Å². The summed E-state index contributed by atoms with van der Waals surface area (Å²) < 4.78 is 64.7. The van der Waals surface area contributed by atoms with Crippen molar-refractivity contribution in [2.24, 2.45) is 0 Å². The number of hydrogen-bond acceptors (Lipinski definition) is 7. The molecule has 0 radical (unpaired) electrons. The van der Waals surface area contributed by atoms with Crippen LogP contribution in [0.4, 0.5) is 17.6 Å². The van der Waals surface area contributed by atoms with Crippen molar-refractivity contribution >= 4 is 28.8 Å². The van der Waals surface area contributed by atoms with Crippen molar-refractivity contribution in [3.63, 3.8) is 0 Å². The lowest BCUT2D eigenvalue weighted by Crippen LogP contribution is -2.21. The highest BCUT2D eigenvalue weighted by atomic mass is 35.5. The van der Waals surface area contributed by atoms with Crippen LogP contribution >= 0.6 is 23.2 Å². The van der Waals surface area contributed by atoms with Crippen LogP contribution in [-0.2, 0) is 6.18 Å². The molecular weight excluding hydrogens is 495 g/mol. The number of hydrogen-bond donors (Lipinski definition) is 2. The molecule has 14 heteroatoms. The first-order chi connectivity index (χ1) is 15.6. The SMILES string of the molecule is OCC(O)COc1cc(Cl)c(-c2noc(-c3cn4cc(C(F)(F)F)cc(Cl)c4n3)n2)cc1F. The number of pyridine rings is 1. The van der Waals surface area contributed by atoms with Gasteiger partial charge in [-0.1, -0.05) is 28.4 Å².